The first kappa shape index (κ1) is 22.5. The Kier molecular flexibility index (Phi) is 6.40. The van der Waals surface area contributed by atoms with E-state index in [1.807, 2.05) is 6.07 Å². The first-order valence-electron chi connectivity index (χ1n) is 10.1. The van der Waals surface area contributed by atoms with Gasteiger partial charge in [-0.1, -0.05) is 11.3 Å². The molecule has 0 saturated heterocycles. The summed E-state index contributed by atoms with van der Waals surface area (Å²) in [6.45, 7) is 2.55. The Morgan fingerprint density at radius 1 is 1.00 bits per heavy atom. The lowest BCUT2D eigenvalue weighted by Gasteiger charge is -2.17. The van der Waals surface area contributed by atoms with Crippen LogP contribution in [0.4, 0.5) is 5.13 Å². The highest BCUT2D eigenvalue weighted by Crippen LogP contribution is 2.39. The lowest BCUT2D eigenvalue weighted by atomic mass is 10.1. The molecule has 2 N–H and O–H groups in total. The predicted molar refractivity (Wildman–Crippen MR) is 122 cm³/mol. The maximum Gasteiger partial charge on any atom is 0.252 e. The molecule has 0 saturated carbocycles. The molecule has 174 valence electrons. The fraction of sp³-hybridized carbons (Fsp3) is 0.318. The number of nitrogens with zero attached hydrogens (tertiary/aromatic N) is 1. The average Bonchev–Trinajstić information content (AvgIpc) is 3.21. The lowest BCUT2D eigenvalue weighted by molar-refractivity contribution is -0.117. The fourth-order valence-electron chi connectivity index (χ4n) is 3.29. The summed E-state index contributed by atoms with van der Waals surface area (Å²) >= 11 is 1.31. The van der Waals surface area contributed by atoms with Crippen molar-refractivity contribution in [1.82, 2.24) is 10.3 Å². The molecule has 1 aliphatic rings. The zero-order chi connectivity index (χ0) is 23.5. The number of thiazole rings is 1. The quantitative estimate of drug-likeness (QED) is 0.538. The molecule has 3 aromatic rings. The topological polar surface area (TPSA) is 117 Å². The van der Waals surface area contributed by atoms with E-state index in [-0.39, 0.29) is 5.56 Å². The van der Waals surface area contributed by atoms with E-state index in [9.17, 15) is 9.59 Å². The minimum absolute atomic E-state index is 0.259. The molecular weight excluding hydrogens is 450 g/mol. The van der Waals surface area contributed by atoms with E-state index in [1.165, 1.54) is 44.8 Å². The van der Waals surface area contributed by atoms with Gasteiger partial charge in [-0.2, -0.15) is 0 Å². The van der Waals surface area contributed by atoms with Crippen LogP contribution in [0.5, 0.6) is 28.7 Å². The number of rotatable bonds is 7. The van der Waals surface area contributed by atoms with E-state index >= 15 is 0 Å². The van der Waals surface area contributed by atoms with Crippen molar-refractivity contribution in [2.75, 3.05) is 39.9 Å². The molecular formula is C22H23N3O7S. The van der Waals surface area contributed by atoms with Crippen LogP contribution in [0.15, 0.2) is 24.3 Å². The van der Waals surface area contributed by atoms with Gasteiger partial charge < -0.3 is 34.3 Å². The van der Waals surface area contributed by atoms with E-state index in [0.717, 1.165) is 4.70 Å². The number of amides is 2. The Morgan fingerprint density at radius 2 is 1.64 bits per heavy atom. The average molecular weight is 474 g/mol. The number of carbonyl (C=O) groups is 2. The van der Waals surface area contributed by atoms with Crippen LogP contribution < -0.4 is 34.3 Å². The monoisotopic (exact) mass is 473 g/mol. The second-order valence-corrected chi connectivity index (χ2v) is 8.11. The molecule has 0 unspecified atom stereocenters. The van der Waals surface area contributed by atoms with Crippen molar-refractivity contribution in [2.45, 2.75) is 13.0 Å². The minimum atomic E-state index is -0.830. The highest BCUT2D eigenvalue weighted by molar-refractivity contribution is 7.22. The van der Waals surface area contributed by atoms with E-state index in [2.05, 4.69) is 15.6 Å². The summed E-state index contributed by atoms with van der Waals surface area (Å²) in [7, 11) is 4.40. The van der Waals surface area contributed by atoms with Crippen molar-refractivity contribution in [2.24, 2.45) is 0 Å². The molecule has 0 fully saturated rings. The molecule has 0 aliphatic carbocycles. The minimum Gasteiger partial charge on any atom is -0.493 e. The Hall–Kier alpha value is -3.73. The van der Waals surface area contributed by atoms with Gasteiger partial charge in [-0.25, -0.2) is 4.98 Å². The third-order valence-corrected chi connectivity index (χ3v) is 5.88. The normalized spacial score (nSPS) is 13.2. The van der Waals surface area contributed by atoms with Gasteiger partial charge in [-0.3, -0.25) is 9.59 Å². The maximum absolute atomic E-state index is 12.8. The maximum atomic E-state index is 12.8. The Balaban J connectivity index is 1.46. The first-order chi connectivity index (χ1) is 15.9. The molecule has 33 heavy (non-hydrogen) atoms. The van der Waals surface area contributed by atoms with Crippen LogP contribution in [0.25, 0.3) is 10.2 Å². The number of methoxy groups -OCH3 is 3. The number of anilines is 1. The van der Waals surface area contributed by atoms with Crippen LogP contribution in [0.2, 0.25) is 0 Å². The standard InChI is InChI=1S/C22H23N3O7S/c1-11(23-21(27)12-7-16(28-2)19(30-4)17(8-12)29-3)20(26)25-22-24-13-9-14-15(10-18(13)33-22)32-6-5-31-14/h7-11H,5-6H2,1-4H3,(H,23,27)(H,24,25,26)/t11-/m1/s1. The highest BCUT2D eigenvalue weighted by atomic mass is 32.1. The van der Waals surface area contributed by atoms with Gasteiger partial charge >= 0.3 is 0 Å². The Morgan fingerprint density at radius 3 is 2.24 bits per heavy atom. The Labute approximate surface area is 193 Å². The number of ether oxygens (including phenoxy) is 5. The van der Waals surface area contributed by atoms with E-state index in [1.54, 1.807) is 13.0 Å². The van der Waals surface area contributed by atoms with E-state index < -0.39 is 17.9 Å². The van der Waals surface area contributed by atoms with Gasteiger partial charge in [-0.15, -0.1) is 0 Å². The SMILES string of the molecule is COc1cc(C(=O)N[C@H](C)C(=O)Nc2nc3cc4c(cc3s2)OCCO4)cc(OC)c1OC. The van der Waals surface area contributed by atoms with Crippen molar-refractivity contribution >= 4 is 38.5 Å². The van der Waals surface area contributed by atoms with Crippen LogP contribution in [-0.4, -0.2) is 57.4 Å². The molecule has 1 aliphatic heterocycles. The van der Waals surface area contributed by atoms with Crippen molar-refractivity contribution in [3.63, 3.8) is 0 Å². The van der Waals surface area contributed by atoms with Gasteiger partial charge in [0.15, 0.2) is 28.1 Å². The molecule has 1 atom stereocenters. The summed E-state index contributed by atoms with van der Waals surface area (Å²) in [5.41, 5.74) is 0.948. The summed E-state index contributed by atoms with van der Waals surface area (Å²) in [6, 6.07) is 5.82. The molecule has 2 aromatic carbocycles. The second kappa shape index (κ2) is 9.41. The van der Waals surface area contributed by atoms with E-state index in [0.29, 0.717) is 52.6 Å². The van der Waals surface area contributed by atoms with Crippen molar-refractivity contribution in [3.8, 4) is 28.7 Å². The molecule has 4 rings (SSSR count). The van der Waals surface area contributed by atoms with Crippen LogP contribution in [0.1, 0.15) is 17.3 Å². The number of hydrogen-bond acceptors (Lipinski definition) is 9. The summed E-state index contributed by atoms with van der Waals surface area (Å²) in [6.07, 6.45) is 0. The van der Waals surface area contributed by atoms with Gasteiger partial charge in [0.1, 0.15) is 19.3 Å². The molecule has 1 aromatic heterocycles. The van der Waals surface area contributed by atoms with Crippen molar-refractivity contribution in [3.05, 3.63) is 29.8 Å². The Bertz CT molecular complexity index is 1140. The number of nitrogens with one attached hydrogen (secondary N) is 2. The molecule has 0 spiro atoms. The number of benzene rings is 2. The number of hydrogen-bond donors (Lipinski definition) is 2. The lowest BCUT2D eigenvalue weighted by Crippen LogP contribution is -2.41. The summed E-state index contributed by atoms with van der Waals surface area (Å²) < 4.78 is 27.8. The fourth-order valence-corrected chi connectivity index (χ4v) is 4.17. The van der Waals surface area contributed by atoms with Gasteiger partial charge in [0.25, 0.3) is 5.91 Å². The van der Waals surface area contributed by atoms with Crippen LogP contribution >= 0.6 is 11.3 Å². The van der Waals surface area contributed by atoms with E-state index in [4.69, 9.17) is 23.7 Å². The largest absolute Gasteiger partial charge is 0.493 e. The third-order valence-electron chi connectivity index (χ3n) is 4.95. The molecule has 11 heteroatoms. The molecule has 2 heterocycles. The molecule has 0 bridgehead atoms. The number of fused-ring (bicyclic) bond motifs is 2. The molecule has 10 nitrogen and oxygen atoms in total. The van der Waals surface area contributed by atoms with Crippen molar-refractivity contribution in [1.29, 1.82) is 0 Å². The summed E-state index contributed by atoms with van der Waals surface area (Å²) in [5, 5.41) is 5.82. The number of aromatic nitrogens is 1. The smallest absolute Gasteiger partial charge is 0.252 e. The van der Waals surface area contributed by atoms with Crippen LogP contribution in [-0.2, 0) is 4.79 Å². The molecule has 2 amide bonds. The van der Waals surface area contributed by atoms with Gasteiger partial charge in [0.05, 0.1) is 31.5 Å². The van der Waals surface area contributed by atoms with Crippen LogP contribution in [0.3, 0.4) is 0 Å². The summed E-state index contributed by atoms with van der Waals surface area (Å²) in [4.78, 5) is 29.9. The van der Waals surface area contributed by atoms with Gasteiger partial charge in [0, 0.05) is 17.7 Å². The second-order valence-electron chi connectivity index (χ2n) is 7.08. The summed E-state index contributed by atoms with van der Waals surface area (Å²) in [5.74, 6) is 1.45. The van der Waals surface area contributed by atoms with Crippen LogP contribution in [0, 0.1) is 0 Å². The molecule has 0 radical (unpaired) electrons. The third kappa shape index (κ3) is 4.58. The highest BCUT2D eigenvalue weighted by Gasteiger charge is 2.22. The number of carbonyl (C=O) groups excluding carboxylic acids is 2. The van der Waals surface area contributed by atoms with Gasteiger partial charge in [0.2, 0.25) is 11.7 Å². The zero-order valence-corrected chi connectivity index (χ0v) is 19.3. The first-order valence-corrected chi connectivity index (χ1v) is 10.9. The van der Waals surface area contributed by atoms with Gasteiger partial charge in [-0.05, 0) is 19.1 Å². The predicted octanol–water partition coefficient (Wildman–Crippen LogP) is 2.85. The zero-order valence-electron chi connectivity index (χ0n) is 18.5. The van der Waals surface area contributed by atoms with Crippen molar-refractivity contribution < 1.29 is 33.3 Å².